The molecule has 0 spiro atoms. The van der Waals surface area contributed by atoms with Gasteiger partial charge in [0.2, 0.25) is 0 Å². The summed E-state index contributed by atoms with van der Waals surface area (Å²) in [6.07, 6.45) is 7.47. The molecule has 2 nitrogen and oxygen atoms in total. The van der Waals surface area contributed by atoms with Gasteiger partial charge in [0, 0.05) is 12.2 Å². The van der Waals surface area contributed by atoms with Crippen LogP contribution in [-0.2, 0) is 0 Å². The SMILES string of the molecule is CCOc1ccc(NCC2CC3C=CC2C3)cc1Cl. The molecule has 0 radical (unpaired) electrons. The topological polar surface area (TPSA) is 21.3 Å². The molecule has 3 rings (SSSR count). The molecule has 1 aromatic carbocycles. The Bertz CT molecular complexity index is 486. The van der Waals surface area contributed by atoms with Crippen LogP contribution in [0.4, 0.5) is 5.69 Å². The number of hydrogen-bond acceptors (Lipinski definition) is 2. The number of halogens is 1. The van der Waals surface area contributed by atoms with Crippen molar-refractivity contribution in [2.75, 3.05) is 18.5 Å². The molecule has 2 bridgehead atoms. The first-order valence-electron chi connectivity index (χ1n) is 7.11. The second-order valence-corrected chi connectivity index (χ2v) is 5.91. The van der Waals surface area contributed by atoms with E-state index in [9.17, 15) is 0 Å². The summed E-state index contributed by atoms with van der Waals surface area (Å²) >= 11 is 6.19. The first-order chi connectivity index (χ1) is 9.26. The van der Waals surface area contributed by atoms with Crippen LogP contribution in [0.15, 0.2) is 30.4 Å². The molecule has 102 valence electrons. The average molecular weight is 278 g/mol. The van der Waals surface area contributed by atoms with E-state index in [-0.39, 0.29) is 0 Å². The van der Waals surface area contributed by atoms with Crippen LogP contribution in [0.1, 0.15) is 19.8 Å². The Hall–Kier alpha value is -1.15. The third-order valence-electron chi connectivity index (χ3n) is 4.22. The van der Waals surface area contributed by atoms with Gasteiger partial charge in [-0.05, 0) is 55.7 Å². The van der Waals surface area contributed by atoms with E-state index in [1.54, 1.807) is 0 Å². The molecule has 0 aliphatic heterocycles. The van der Waals surface area contributed by atoms with E-state index in [0.717, 1.165) is 35.7 Å². The fourth-order valence-corrected chi connectivity index (χ4v) is 3.50. The fraction of sp³-hybridized carbons (Fsp3) is 0.500. The van der Waals surface area contributed by atoms with Crippen LogP contribution >= 0.6 is 11.6 Å². The van der Waals surface area contributed by atoms with E-state index >= 15 is 0 Å². The summed E-state index contributed by atoms with van der Waals surface area (Å²) in [5, 5.41) is 4.19. The third kappa shape index (κ3) is 2.74. The Morgan fingerprint density at radius 1 is 1.32 bits per heavy atom. The van der Waals surface area contributed by atoms with Gasteiger partial charge in [-0.1, -0.05) is 23.8 Å². The van der Waals surface area contributed by atoms with Gasteiger partial charge < -0.3 is 10.1 Å². The zero-order valence-corrected chi connectivity index (χ0v) is 12.0. The van der Waals surface area contributed by atoms with Crippen molar-refractivity contribution >= 4 is 17.3 Å². The Labute approximate surface area is 119 Å². The summed E-state index contributed by atoms with van der Waals surface area (Å²) in [6, 6.07) is 5.93. The Morgan fingerprint density at radius 3 is 2.84 bits per heavy atom. The quantitative estimate of drug-likeness (QED) is 0.807. The molecular weight excluding hydrogens is 258 g/mol. The second kappa shape index (κ2) is 5.46. The summed E-state index contributed by atoms with van der Waals surface area (Å²) in [5.41, 5.74) is 1.08. The highest BCUT2D eigenvalue weighted by Crippen LogP contribution is 2.43. The van der Waals surface area contributed by atoms with Crippen LogP contribution in [0, 0.1) is 17.8 Å². The van der Waals surface area contributed by atoms with Gasteiger partial charge in [0.05, 0.1) is 11.6 Å². The summed E-state index contributed by atoms with van der Waals surface area (Å²) in [7, 11) is 0. The molecular formula is C16H20ClNO. The minimum atomic E-state index is 0.643. The van der Waals surface area contributed by atoms with E-state index in [1.165, 1.54) is 12.8 Å². The van der Waals surface area contributed by atoms with Gasteiger partial charge in [-0.15, -0.1) is 0 Å². The van der Waals surface area contributed by atoms with E-state index in [4.69, 9.17) is 16.3 Å². The lowest BCUT2D eigenvalue weighted by molar-refractivity contribution is 0.340. The number of ether oxygens (including phenoxy) is 1. The fourth-order valence-electron chi connectivity index (χ4n) is 3.26. The van der Waals surface area contributed by atoms with Gasteiger partial charge in [-0.2, -0.15) is 0 Å². The van der Waals surface area contributed by atoms with E-state index in [1.807, 2.05) is 25.1 Å². The minimum absolute atomic E-state index is 0.643. The highest BCUT2D eigenvalue weighted by atomic mass is 35.5. The highest BCUT2D eigenvalue weighted by molar-refractivity contribution is 6.32. The Balaban J connectivity index is 1.58. The highest BCUT2D eigenvalue weighted by Gasteiger charge is 2.35. The van der Waals surface area contributed by atoms with Crippen molar-refractivity contribution in [1.29, 1.82) is 0 Å². The van der Waals surface area contributed by atoms with Crippen LogP contribution in [0.5, 0.6) is 5.75 Å². The smallest absolute Gasteiger partial charge is 0.138 e. The predicted molar refractivity (Wildman–Crippen MR) is 80.0 cm³/mol. The minimum Gasteiger partial charge on any atom is -0.492 e. The monoisotopic (exact) mass is 277 g/mol. The van der Waals surface area contributed by atoms with Crippen LogP contribution in [0.3, 0.4) is 0 Å². The normalized spacial score (nSPS) is 27.8. The predicted octanol–water partition coefficient (Wildman–Crippen LogP) is 4.36. The zero-order chi connectivity index (χ0) is 13.2. The van der Waals surface area contributed by atoms with Gasteiger partial charge in [-0.3, -0.25) is 0 Å². The molecule has 0 saturated heterocycles. The number of anilines is 1. The Kier molecular flexibility index (Phi) is 3.69. The maximum atomic E-state index is 6.19. The standard InChI is InChI=1S/C16H20ClNO/c1-2-19-16-6-5-14(9-15(16)17)18-10-13-8-11-3-4-12(13)7-11/h3-6,9,11-13,18H,2,7-8,10H2,1H3. The molecule has 3 heteroatoms. The Morgan fingerprint density at radius 2 is 2.21 bits per heavy atom. The summed E-state index contributed by atoms with van der Waals surface area (Å²) in [6.45, 7) is 3.64. The molecule has 3 atom stereocenters. The van der Waals surface area contributed by atoms with Gasteiger partial charge >= 0.3 is 0 Å². The first kappa shape index (κ1) is 12.9. The van der Waals surface area contributed by atoms with Crippen LogP contribution < -0.4 is 10.1 Å². The maximum Gasteiger partial charge on any atom is 0.138 e. The van der Waals surface area contributed by atoms with Crippen molar-refractivity contribution in [2.45, 2.75) is 19.8 Å². The lowest BCUT2D eigenvalue weighted by Gasteiger charge is -2.19. The molecule has 1 fully saturated rings. The summed E-state index contributed by atoms with van der Waals surface area (Å²) in [5.74, 6) is 3.16. The van der Waals surface area contributed by atoms with E-state index < -0.39 is 0 Å². The number of benzene rings is 1. The van der Waals surface area contributed by atoms with E-state index in [0.29, 0.717) is 11.6 Å². The number of fused-ring (bicyclic) bond motifs is 2. The van der Waals surface area contributed by atoms with E-state index in [2.05, 4.69) is 17.5 Å². The van der Waals surface area contributed by atoms with Gasteiger partial charge in [0.1, 0.15) is 5.75 Å². The molecule has 1 saturated carbocycles. The molecule has 1 aromatic rings. The number of rotatable bonds is 5. The number of hydrogen-bond donors (Lipinski definition) is 1. The first-order valence-corrected chi connectivity index (χ1v) is 7.48. The van der Waals surface area contributed by atoms with Crippen LogP contribution in [0.2, 0.25) is 5.02 Å². The van der Waals surface area contributed by atoms with Gasteiger partial charge in [0.15, 0.2) is 0 Å². The van der Waals surface area contributed by atoms with Crippen molar-refractivity contribution in [1.82, 2.24) is 0 Å². The molecule has 0 heterocycles. The van der Waals surface area contributed by atoms with Crippen LogP contribution in [-0.4, -0.2) is 13.2 Å². The summed E-state index contributed by atoms with van der Waals surface area (Å²) < 4.78 is 5.44. The largest absolute Gasteiger partial charge is 0.492 e. The van der Waals surface area contributed by atoms with Crippen molar-refractivity contribution < 1.29 is 4.74 Å². The lowest BCUT2D eigenvalue weighted by atomic mass is 9.93. The average Bonchev–Trinajstić information content (AvgIpc) is 3.01. The molecule has 0 amide bonds. The number of allylic oxidation sites excluding steroid dienone is 2. The van der Waals surface area contributed by atoms with Gasteiger partial charge in [-0.25, -0.2) is 0 Å². The second-order valence-electron chi connectivity index (χ2n) is 5.50. The van der Waals surface area contributed by atoms with Crippen molar-refractivity contribution in [3.05, 3.63) is 35.4 Å². The molecule has 2 aliphatic rings. The van der Waals surface area contributed by atoms with Crippen molar-refractivity contribution in [3.63, 3.8) is 0 Å². The van der Waals surface area contributed by atoms with Crippen LogP contribution in [0.25, 0.3) is 0 Å². The summed E-state index contributed by atoms with van der Waals surface area (Å²) in [4.78, 5) is 0. The maximum absolute atomic E-state index is 6.19. The number of nitrogens with one attached hydrogen (secondary N) is 1. The molecule has 0 aromatic heterocycles. The van der Waals surface area contributed by atoms with Crippen molar-refractivity contribution in [2.24, 2.45) is 17.8 Å². The molecule has 2 aliphatic carbocycles. The van der Waals surface area contributed by atoms with Gasteiger partial charge in [0.25, 0.3) is 0 Å². The zero-order valence-electron chi connectivity index (χ0n) is 11.2. The lowest BCUT2D eigenvalue weighted by Crippen LogP contribution is -2.18. The molecule has 1 N–H and O–H groups in total. The van der Waals surface area contributed by atoms with Crippen molar-refractivity contribution in [3.8, 4) is 5.75 Å². The molecule has 19 heavy (non-hydrogen) atoms. The molecule has 3 unspecified atom stereocenters. The third-order valence-corrected chi connectivity index (χ3v) is 4.51.